The molecule has 0 aliphatic rings. The SMILES string of the molecule is CCCNc1cc(C(=O)NN(C)C)cc(C(C)C)n1. The third kappa shape index (κ3) is 4.87. The van der Waals surface area contributed by atoms with Crippen LogP contribution in [0.1, 0.15) is 49.2 Å². The number of amides is 1. The third-order valence-electron chi connectivity index (χ3n) is 2.58. The van der Waals surface area contributed by atoms with Crippen molar-refractivity contribution in [1.82, 2.24) is 15.4 Å². The van der Waals surface area contributed by atoms with E-state index in [-0.39, 0.29) is 11.8 Å². The predicted octanol–water partition coefficient (Wildman–Crippen LogP) is 2.23. The van der Waals surface area contributed by atoms with Crippen molar-refractivity contribution in [2.45, 2.75) is 33.1 Å². The third-order valence-corrected chi connectivity index (χ3v) is 2.58. The predicted molar refractivity (Wildman–Crippen MR) is 78.3 cm³/mol. The maximum absolute atomic E-state index is 12.0. The fourth-order valence-electron chi connectivity index (χ4n) is 1.59. The molecule has 106 valence electrons. The summed E-state index contributed by atoms with van der Waals surface area (Å²) in [5, 5.41) is 4.87. The summed E-state index contributed by atoms with van der Waals surface area (Å²) in [5.74, 6) is 0.931. The molecular formula is C14H24N4O. The first kappa shape index (κ1) is 15.4. The van der Waals surface area contributed by atoms with Gasteiger partial charge >= 0.3 is 0 Å². The van der Waals surface area contributed by atoms with Gasteiger partial charge in [0.25, 0.3) is 5.91 Å². The van der Waals surface area contributed by atoms with Gasteiger partial charge in [0.1, 0.15) is 5.82 Å². The van der Waals surface area contributed by atoms with Gasteiger partial charge in [-0.1, -0.05) is 20.8 Å². The molecule has 1 heterocycles. The lowest BCUT2D eigenvalue weighted by Crippen LogP contribution is -2.36. The molecular weight excluding hydrogens is 240 g/mol. The van der Waals surface area contributed by atoms with Gasteiger partial charge in [-0.2, -0.15) is 0 Å². The largest absolute Gasteiger partial charge is 0.370 e. The number of hydrogen-bond acceptors (Lipinski definition) is 4. The molecule has 0 aliphatic heterocycles. The van der Waals surface area contributed by atoms with Crippen molar-refractivity contribution in [3.63, 3.8) is 0 Å². The van der Waals surface area contributed by atoms with Crippen molar-refractivity contribution in [3.05, 3.63) is 23.4 Å². The van der Waals surface area contributed by atoms with E-state index in [1.165, 1.54) is 0 Å². The van der Waals surface area contributed by atoms with E-state index in [2.05, 4.69) is 36.5 Å². The topological polar surface area (TPSA) is 57.3 Å². The van der Waals surface area contributed by atoms with E-state index < -0.39 is 0 Å². The summed E-state index contributed by atoms with van der Waals surface area (Å²) < 4.78 is 0. The number of pyridine rings is 1. The van der Waals surface area contributed by atoms with Crippen LogP contribution in [0.3, 0.4) is 0 Å². The van der Waals surface area contributed by atoms with Crippen LogP contribution in [0.15, 0.2) is 12.1 Å². The lowest BCUT2D eigenvalue weighted by Gasteiger charge is -2.15. The monoisotopic (exact) mass is 264 g/mol. The van der Waals surface area contributed by atoms with Gasteiger partial charge in [0.05, 0.1) is 0 Å². The second kappa shape index (κ2) is 7.09. The van der Waals surface area contributed by atoms with Crippen LogP contribution in [0.5, 0.6) is 0 Å². The molecule has 0 unspecified atom stereocenters. The highest BCUT2D eigenvalue weighted by molar-refractivity contribution is 5.94. The maximum atomic E-state index is 12.0. The molecule has 0 bridgehead atoms. The molecule has 1 rings (SSSR count). The van der Waals surface area contributed by atoms with Crippen molar-refractivity contribution in [3.8, 4) is 0 Å². The minimum absolute atomic E-state index is 0.117. The molecule has 0 atom stereocenters. The Morgan fingerprint density at radius 1 is 1.37 bits per heavy atom. The first-order chi connectivity index (χ1) is 8.93. The van der Waals surface area contributed by atoms with Crippen LogP contribution < -0.4 is 10.7 Å². The Kier molecular flexibility index (Phi) is 5.76. The van der Waals surface area contributed by atoms with E-state index in [1.54, 1.807) is 25.2 Å². The van der Waals surface area contributed by atoms with Gasteiger partial charge < -0.3 is 5.32 Å². The molecule has 0 saturated carbocycles. The highest BCUT2D eigenvalue weighted by Gasteiger charge is 2.12. The van der Waals surface area contributed by atoms with Crippen LogP contribution in [-0.4, -0.2) is 36.5 Å². The molecule has 2 N–H and O–H groups in total. The number of carbonyl (C=O) groups is 1. The van der Waals surface area contributed by atoms with Crippen molar-refractivity contribution < 1.29 is 4.79 Å². The molecule has 5 heteroatoms. The molecule has 19 heavy (non-hydrogen) atoms. The first-order valence-corrected chi connectivity index (χ1v) is 6.68. The van der Waals surface area contributed by atoms with Crippen molar-refractivity contribution >= 4 is 11.7 Å². The summed E-state index contributed by atoms with van der Waals surface area (Å²) in [6, 6.07) is 3.64. The van der Waals surface area contributed by atoms with Gasteiger partial charge in [0, 0.05) is 31.9 Å². The average molecular weight is 264 g/mol. The number of carbonyl (C=O) groups excluding carboxylic acids is 1. The number of rotatable bonds is 6. The highest BCUT2D eigenvalue weighted by atomic mass is 16.2. The normalized spacial score (nSPS) is 10.9. The van der Waals surface area contributed by atoms with Gasteiger partial charge in [0.2, 0.25) is 0 Å². The molecule has 1 aromatic heterocycles. The minimum atomic E-state index is -0.117. The number of hydrazine groups is 1. The summed E-state index contributed by atoms with van der Waals surface area (Å²) in [6.07, 6.45) is 1.02. The van der Waals surface area contributed by atoms with E-state index in [1.807, 2.05) is 6.07 Å². The molecule has 5 nitrogen and oxygen atoms in total. The molecule has 0 spiro atoms. The Bertz CT molecular complexity index is 429. The Hall–Kier alpha value is -1.62. The minimum Gasteiger partial charge on any atom is -0.370 e. The van der Waals surface area contributed by atoms with Gasteiger partial charge in [0.15, 0.2) is 0 Å². The number of aromatic nitrogens is 1. The standard InChI is InChI=1S/C14H24N4O/c1-6-7-15-13-9-11(14(19)17-18(4)5)8-12(16-13)10(2)3/h8-10H,6-7H2,1-5H3,(H,15,16)(H,17,19). The van der Waals surface area contributed by atoms with Crippen LogP contribution in [0.2, 0.25) is 0 Å². The summed E-state index contributed by atoms with van der Waals surface area (Å²) in [6.45, 7) is 7.08. The highest BCUT2D eigenvalue weighted by Crippen LogP contribution is 2.17. The van der Waals surface area contributed by atoms with Crippen LogP contribution in [0.4, 0.5) is 5.82 Å². The quantitative estimate of drug-likeness (QED) is 0.774. The van der Waals surface area contributed by atoms with Gasteiger partial charge in [-0.05, 0) is 24.5 Å². The summed E-state index contributed by atoms with van der Waals surface area (Å²) in [7, 11) is 3.58. The number of nitrogens with zero attached hydrogens (tertiary/aromatic N) is 2. The van der Waals surface area contributed by atoms with Crippen LogP contribution in [0.25, 0.3) is 0 Å². The van der Waals surface area contributed by atoms with E-state index in [0.29, 0.717) is 5.56 Å². The van der Waals surface area contributed by atoms with E-state index in [9.17, 15) is 4.79 Å². The number of nitrogens with one attached hydrogen (secondary N) is 2. The van der Waals surface area contributed by atoms with E-state index >= 15 is 0 Å². The molecule has 1 amide bonds. The zero-order valence-corrected chi connectivity index (χ0v) is 12.4. The molecule has 0 saturated heterocycles. The fourth-order valence-corrected chi connectivity index (χ4v) is 1.59. The van der Waals surface area contributed by atoms with Crippen molar-refractivity contribution in [2.24, 2.45) is 0 Å². The average Bonchev–Trinajstić information content (AvgIpc) is 2.35. The van der Waals surface area contributed by atoms with E-state index in [0.717, 1.165) is 24.5 Å². The van der Waals surface area contributed by atoms with E-state index in [4.69, 9.17) is 0 Å². The molecule has 0 aromatic carbocycles. The summed E-state index contributed by atoms with van der Waals surface area (Å²) in [4.78, 5) is 16.6. The first-order valence-electron chi connectivity index (χ1n) is 6.68. The Balaban J connectivity index is 3.01. The van der Waals surface area contributed by atoms with Gasteiger partial charge in [-0.3, -0.25) is 10.2 Å². The lowest BCUT2D eigenvalue weighted by molar-refractivity contribution is 0.0856. The number of anilines is 1. The summed E-state index contributed by atoms with van der Waals surface area (Å²) >= 11 is 0. The van der Waals surface area contributed by atoms with Crippen LogP contribution in [0, 0.1) is 0 Å². The Morgan fingerprint density at radius 2 is 2.05 bits per heavy atom. The fraction of sp³-hybridized carbons (Fsp3) is 0.571. The van der Waals surface area contributed by atoms with Gasteiger partial charge in [-0.15, -0.1) is 0 Å². The zero-order chi connectivity index (χ0) is 14.4. The van der Waals surface area contributed by atoms with Crippen molar-refractivity contribution in [2.75, 3.05) is 26.0 Å². The molecule has 0 radical (unpaired) electrons. The summed E-state index contributed by atoms with van der Waals surface area (Å²) in [5.41, 5.74) is 4.30. The van der Waals surface area contributed by atoms with Crippen molar-refractivity contribution in [1.29, 1.82) is 0 Å². The zero-order valence-electron chi connectivity index (χ0n) is 12.4. The second-order valence-corrected chi connectivity index (χ2v) is 5.08. The second-order valence-electron chi connectivity index (χ2n) is 5.08. The lowest BCUT2D eigenvalue weighted by atomic mass is 10.1. The molecule has 1 aromatic rings. The smallest absolute Gasteiger partial charge is 0.265 e. The Labute approximate surface area is 115 Å². The Morgan fingerprint density at radius 3 is 2.58 bits per heavy atom. The molecule has 0 fully saturated rings. The maximum Gasteiger partial charge on any atom is 0.265 e. The number of hydrogen-bond donors (Lipinski definition) is 2. The van der Waals surface area contributed by atoms with Gasteiger partial charge in [-0.25, -0.2) is 9.99 Å². The van der Waals surface area contributed by atoms with Crippen LogP contribution in [-0.2, 0) is 0 Å². The molecule has 0 aliphatic carbocycles. The van der Waals surface area contributed by atoms with Crippen LogP contribution >= 0.6 is 0 Å².